The van der Waals surface area contributed by atoms with Crippen molar-refractivity contribution in [3.05, 3.63) is 28.3 Å². The molecule has 0 bridgehead atoms. The third-order valence-corrected chi connectivity index (χ3v) is 7.28. The average Bonchev–Trinajstić information content (AvgIpc) is 3.42. The number of thioether (sulfide) groups is 2. The van der Waals surface area contributed by atoms with Crippen molar-refractivity contribution < 1.29 is 20.2 Å². The maximum absolute atomic E-state index is 12.7. The molecule has 8 nitrogen and oxygen atoms in total. The summed E-state index contributed by atoms with van der Waals surface area (Å²) in [6.45, 7) is 16.9. The summed E-state index contributed by atoms with van der Waals surface area (Å²) in [5.41, 5.74) is -0.762. The van der Waals surface area contributed by atoms with Crippen LogP contribution in [0.5, 0.6) is 0 Å². The molecule has 1 fully saturated rings. The summed E-state index contributed by atoms with van der Waals surface area (Å²) in [5, 5.41) is 6.26. The molecule has 0 aromatic carbocycles. The molecule has 2 amide bonds. The molecule has 0 spiro atoms. The van der Waals surface area contributed by atoms with Gasteiger partial charge in [-0.15, -0.1) is 11.8 Å². The van der Waals surface area contributed by atoms with Gasteiger partial charge in [0.05, 0.1) is 16.2 Å². The lowest BCUT2D eigenvalue weighted by Crippen LogP contribution is -2.47. The first-order chi connectivity index (χ1) is 15.9. The monoisotopic (exact) mass is 514 g/mol. The van der Waals surface area contributed by atoms with Gasteiger partial charge in [0.25, 0.3) is 0 Å². The van der Waals surface area contributed by atoms with E-state index in [2.05, 4.69) is 36.4 Å². The topological polar surface area (TPSA) is 96.7 Å². The van der Waals surface area contributed by atoms with Crippen molar-refractivity contribution in [1.29, 1.82) is 0 Å². The molecular formula is C24H42N4O4S2. The second kappa shape index (κ2) is 12.2. The summed E-state index contributed by atoms with van der Waals surface area (Å²) >= 11 is 3.20. The number of hydrogen-bond acceptors (Lipinski definition) is 8. The van der Waals surface area contributed by atoms with Crippen LogP contribution in [0, 0.1) is 5.92 Å². The fourth-order valence-electron chi connectivity index (χ4n) is 3.23. The van der Waals surface area contributed by atoms with Gasteiger partial charge in [0.2, 0.25) is 11.8 Å². The van der Waals surface area contributed by atoms with Gasteiger partial charge in [0.1, 0.15) is 11.4 Å². The van der Waals surface area contributed by atoms with Crippen LogP contribution in [0.1, 0.15) is 81.3 Å². The zero-order chi connectivity index (χ0) is 25.5. The van der Waals surface area contributed by atoms with E-state index in [-0.39, 0.29) is 30.3 Å². The van der Waals surface area contributed by atoms with Crippen molar-refractivity contribution in [2.45, 2.75) is 90.5 Å². The molecule has 1 saturated heterocycles. The summed E-state index contributed by atoms with van der Waals surface area (Å²) in [7, 11) is 0. The Bertz CT molecular complexity index is 856. The minimum atomic E-state index is -0.513. The lowest BCUT2D eigenvalue weighted by molar-refractivity contribution is -0.126. The zero-order valence-corrected chi connectivity index (χ0v) is 23.3. The van der Waals surface area contributed by atoms with E-state index in [1.165, 1.54) is 0 Å². The van der Waals surface area contributed by atoms with E-state index in [1.807, 2.05) is 40.8 Å². The van der Waals surface area contributed by atoms with Crippen LogP contribution in [0.15, 0.2) is 21.1 Å². The molecule has 3 rings (SSSR count). The van der Waals surface area contributed by atoms with Crippen molar-refractivity contribution in [1.82, 2.24) is 20.5 Å². The number of likely N-dealkylation sites (tertiary alicyclic amines) is 1. The number of carbonyl (C=O) groups excluding carboxylic acids is 2. The molecule has 2 aliphatic heterocycles. The van der Waals surface area contributed by atoms with Crippen molar-refractivity contribution in [3.8, 4) is 0 Å². The van der Waals surface area contributed by atoms with Crippen LogP contribution in [-0.2, 0) is 20.7 Å². The number of rotatable bonds is 5. The number of piperidine rings is 1. The predicted octanol–water partition coefficient (Wildman–Crippen LogP) is 5.66. The second-order valence-electron chi connectivity index (χ2n) is 10.0. The molecule has 1 unspecified atom stereocenters. The Kier molecular flexibility index (Phi) is 10.2. The maximum atomic E-state index is 12.7. The van der Waals surface area contributed by atoms with Gasteiger partial charge in [-0.1, -0.05) is 46.4 Å². The second-order valence-corrected chi connectivity index (χ2v) is 12.5. The Morgan fingerprint density at radius 3 is 2.47 bits per heavy atom. The summed E-state index contributed by atoms with van der Waals surface area (Å²) in [6.07, 6.45) is 4.67. The fraction of sp³-hybridized carbons (Fsp3) is 0.708. The third kappa shape index (κ3) is 8.76. The van der Waals surface area contributed by atoms with Crippen molar-refractivity contribution in [3.63, 3.8) is 0 Å². The van der Waals surface area contributed by atoms with Crippen LogP contribution in [0.25, 0.3) is 0 Å². The predicted molar refractivity (Wildman–Crippen MR) is 141 cm³/mol. The number of carbonyl (C=O) groups is 2. The number of nitrogens with zero attached hydrogens (tertiary/aromatic N) is 2. The van der Waals surface area contributed by atoms with Crippen molar-refractivity contribution >= 4 is 35.5 Å². The highest BCUT2D eigenvalue weighted by Gasteiger charge is 2.31. The summed E-state index contributed by atoms with van der Waals surface area (Å²) in [4.78, 5) is 30.9. The Morgan fingerprint density at radius 2 is 1.91 bits per heavy atom. The first kappa shape index (κ1) is 28.4. The van der Waals surface area contributed by atoms with Gasteiger partial charge in [-0.2, -0.15) is 0 Å². The quantitative estimate of drug-likeness (QED) is 0.520. The molecule has 0 saturated carbocycles. The number of hydrogen-bond donors (Lipinski definition) is 2. The van der Waals surface area contributed by atoms with E-state index >= 15 is 0 Å². The zero-order valence-electron chi connectivity index (χ0n) is 21.7. The van der Waals surface area contributed by atoms with Crippen LogP contribution < -0.4 is 10.6 Å². The van der Waals surface area contributed by atoms with Crippen LogP contribution in [0.3, 0.4) is 0 Å². The normalized spacial score (nSPS) is 19.0. The highest BCUT2D eigenvalue weighted by atomic mass is 32.2. The largest absolute Gasteiger partial charge is 0.444 e. The molecule has 194 valence electrons. The van der Waals surface area contributed by atoms with E-state index in [1.54, 1.807) is 34.6 Å². The highest BCUT2D eigenvalue weighted by molar-refractivity contribution is 8.22. The molecular weight excluding hydrogens is 472 g/mol. The Morgan fingerprint density at radius 1 is 1.26 bits per heavy atom. The summed E-state index contributed by atoms with van der Waals surface area (Å²) in [6, 6.07) is 0. The average molecular weight is 515 g/mol. The van der Waals surface area contributed by atoms with Gasteiger partial charge < -0.3 is 24.7 Å². The molecule has 2 N–H and O–H groups in total. The van der Waals surface area contributed by atoms with Crippen LogP contribution >= 0.6 is 23.5 Å². The molecule has 3 heterocycles. The number of amides is 2. The van der Waals surface area contributed by atoms with Gasteiger partial charge in [-0.25, -0.2) is 9.78 Å². The first-order valence-corrected chi connectivity index (χ1v) is 13.8. The third-order valence-electron chi connectivity index (χ3n) is 5.01. The van der Waals surface area contributed by atoms with Crippen molar-refractivity contribution in [2.75, 3.05) is 13.1 Å². The van der Waals surface area contributed by atoms with E-state index in [9.17, 15) is 9.59 Å². The van der Waals surface area contributed by atoms with E-state index < -0.39 is 5.60 Å². The van der Waals surface area contributed by atoms with Crippen LogP contribution in [0.4, 0.5) is 4.79 Å². The van der Waals surface area contributed by atoms with Gasteiger partial charge in [0, 0.05) is 32.0 Å². The number of aromatic nitrogens is 1. The molecule has 34 heavy (non-hydrogen) atoms. The van der Waals surface area contributed by atoms with Gasteiger partial charge in [-0.3, -0.25) is 4.79 Å². The number of oxazole rings is 1. The highest BCUT2D eigenvalue weighted by Crippen LogP contribution is 2.36. The SMILES string of the molecule is CC.CC(C)(C)OC(=O)N1CCC(C(=O)NC2NC=C(SCc3ncc(C(C)(C)C)o3)S2)CC1.[HH]. The smallest absolute Gasteiger partial charge is 0.410 e. The molecule has 0 radical (unpaired) electrons. The Labute approximate surface area is 213 Å². The van der Waals surface area contributed by atoms with E-state index in [4.69, 9.17) is 9.15 Å². The lowest BCUT2D eigenvalue weighted by atomic mass is 9.94. The maximum Gasteiger partial charge on any atom is 0.410 e. The summed E-state index contributed by atoms with van der Waals surface area (Å²) < 4.78 is 12.3. The van der Waals surface area contributed by atoms with Gasteiger partial charge in [-0.05, 0) is 33.6 Å². The Hall–Kier alpha value is -1.81. The molecule has 10 heteroatoms. The van der Waals surface area contributed by atoms with Crippen LogP contribution in [0.2, 0.25) is 0 Å². The molecule has 1 aromatic heterocycles. The lowest BCUT2D eigenvalue weighted by Gasteiger charge is -2.33. The van der Waals surface area contributed by atoms with Crippen LogP contribution in [-0.4, -0.2) is 46.1 Å². The van der Waals surface area contributed by atoms with Gasteiger partial charge in [0.15, 0.2) is 5.50 Å². The number of ether oxygens (including phenoxy) is 1. The minimum Gasteiger partial charge on any atom is -0.444 e. The molecule has 2 aliphatic rings. The van der Waals surface area contributed by atoms with E-state index in [0.717, 1.165) is 10.00 Å². The molecule has 1 atom stereocenters. The fourth-order valence-corrected chi connectivity index (χ4v) is 5.20. The molecule has 0 aliphatic carbocycles. The van der Waals surface area contributed by atoms with Gasteiger partial charge >= 0.3 is 6.09 Å². The minimum absolute atomic E-state index is 0. The molecule has 1 aromatic rings. The first-order valence-electron chi connectivity index (χ1n) is 11.9. The van der Waals surface area contributed by atoms with Crippen molar-refractivity contribution in [2.24, 2.45) is 5.92 Å². The number of nitrogens with one attached hydrogen (secondary N) is 2. The summed E-state index contributed by atoms with van der Waals surface area (Å²) in [5.74, 6) is 2.13. The van der Waals surface area contributed by atoms with E-state index in [0.29, 0.717) is 37.6 Å². The standard InChI is InChI=1S/C22H34N4O4S2.C2H6.H2/c1-21(2,3)15-11-23-16(29-15)13-31-17-12-24-19(32-17)25-18(27)14-7-9-26(10-8-14)20(28)30-22(4,5)6;1-2;/h11-12,14,19,24H,7-10,13H2,1-6H3,(H,25,27);1-2H3;1H. The Balaban J connectivity index is 0.00000199.